The highest BCUT2D eigenvalue weighted by atomic mass is 35.5. The van der Waals surface area contributed by atoms with Crippen LogP contribution < -0.4 is 5.73 Å². The predicted octanol–water partition coefficient (Wildman–Crippen LogP) is 1.17. The van der Waals surface area contributed by atoms with E-state index in [0.29, 0.717) is 5.92 Å². The number of carbonyl (C=O) groups is 1. The lowest BCUT2D eigenvalue weighted by molar-refractivity contribution is -0.118. The van der Waals surface area contributed by atoms with Crippen molar-refractivity contribution in [3.8, 4) is 0 Å². The molecule has 0 radical (unpaired) electrons. The summed E-state index contributed by atoms with van der Waals surface area (Å²) in [5.41, 5.74) is 5.49. The summed E-state index contributed by atoms with van der Waals surface area (Å²) in [6.45, 7) is 4.06. The topological polar surface area (TPSA) is 43.1 Å². The molecule has 0 fully saturated rings. The molecule has 2 N–H and O–H groups in total. The molecule has 3 heteroatoms. The minimum absolute atomic E-state index is 0.0356. The lowest BCUT2D eigenvalue weighted by Crippen LogP contribution is -2.32. The SMILES string of the molecule is CC(C)C[C@H](N)C(=O)CCl. The van der Waals surface area contributed by atoms with Crippen molar-refractivity contribution in [1.29, 1.82) is 0 Å². The minimum Gasteiger partial charge on any atom is -0.321 e. The first-order valence-corrected chi connectivity index (χ1v) is 3.95. The number of rotatable bonds is 4. The monoisotopic (exact) mass is 163 g/mol. The zero-order valence-corrected chi connectivity index (χ0v) is 7.19. The Balaban J connectivity index is 3.61. The summed E-state index contributed by atoms with van der Waals surface area (Å²) >= 11 is 5.30. The molecule has 2 nitrogen and oxygen atoms in total. The van der Waals surface area contributed by atoms with Gasteiger partial charge in [-0.15, -0.1) is 11.6 Å². The van der Waals surface area contributed by atoms with Crippen molar-refractivity contribution in [2.24, 2.45) is 11.7 Å². The first-order valence-electron chi connectivity index (χ1n) is 3.42. The standard InChI is InChI=1S/C7H14ClNO/c1-5(2)3-6(9)7(10)4-8/h5-6H,3-4,9H2,1-2H3/t6-/m0/s1. The van der Waals surface area contributed by atoms with Gasteiger partial charge in [0.15, 0.2) is 5.78 Å². The van der Waals surface area contributed by atoms with Crippen molar-refractivity contribution < 1.29 is 4.79 Å². The van der Waals surface area contributed by atoms with Crippen molar-refractivity contribution in [2.75, 3.05) is 5.88 Å². The molecule has 60 valence electrons. The molecule has 0 unspecified atom stereocenters. The third-order valence-corrected chi connectivity index (χ3v) is 1.53. The zero-order chi connectivity index (χ0) is 8.15. The molecule has 0 aromatic heterocycles. The molecule has 0 heterocycles. The maximum absolute atomic E-state index is 10.8. The second-order valence-electron chi connectivity index (χ2n) is 2.84. The fourth-order valence-electron chi connectivity index (χ4n) is 0.738. The van der Waals surface area contributed by atoms with E-state index in [-0.39, 0.29) is 17.7 Å². The minimum atomic E-state index is -0.363. The Bertz CT molecular complexity index is 114. The van der Waals surface area contributed by atoms with E-state index in [4.69, 9.17) is 17.3 Å². The highest BCUT2D eigenvalue weighted by Gasteiger charge is 2.12. The van der Waals surface area contributed by atoms with Gasteiger partial charge in [-0.1, -0.05) is 13.8 Å². The van der Waals surface area contributed by atoms with Crippen LogP contribution in [-0.4, -0.2) is 17.7 Å². The summed E-state index contributed by atoms with van der Waals surface area (Å²) in [6, 6.07) is -0.363. The highest BCUT2D eigenvalue weighted by Crippen LogP contribution is 2.03. The van der Waals surface area contributed by atoms with Gasteiger partial charge in [0, 0.05) is 0 Å². The van der Waals surface area contributed by atoms with Crippen molar-refractivity contribution in [2.45, 2.75) is 26.3 Å². The molecular weight excluding hydrogens is 150 g/mol. The largest absolute Gasteiger partial charge is 0.321 e. The molecular formula is C7H14ClNO. The smallest absolute Gasteiger partial charge is 0.164 e. The lowest BCUT2D eigenvalue weighted by Gasteiger charge is -2.10. The third-order valence-electron chi connectivity index (χ3n) is 1.27. The van der Waals surface area contributed by atoms with E-state index in [2.05, 4.69) is 0 Å². The maximum Gasteiger partial charge on any atom is 0.164 e. The van der Waals surface area contributed by atoms with E-state index in [9.17, 15) is 4.79 Å². The first-order chi connectivity index (χ1) is 4.57. The molecule has 0 aromatic carbocycles. The Morgan fingerprint density at radius 1 is 1.60 bits per heavy atom. The van der Waals surface area contributed by atoms with Crippen LogP contribution >= 0.6 is 11.6 Å². The molecule has 10 heavy (non-hydrogen) atoms. The van der Waals surface area contributed by atoms with E-state index in [1.54, 1.807) is 0 Å². The average molecular weight is 164 g/mol. The van der Waals surface area contributed by atoms with E-state index >= 15 is 0 Å². The Labute approximate surface area is 66.7 Å². The number of alkyl halides is 1. The van der Waals surface area contributed by atoms with Gasteiger partial charge in [-0.2, -0.15) is 0 Å². The first kappa shape index (κ1) is 9.92. The van der Waals surface area contributed by atoms with Crippen LogP contribution in [0.25, 0.3) is 0 Å². The van der Waals surface area contributed by atoms with Crippen LogP contribution in [0.1, 0.15) is 20.3 Å². The van der Waals surface area contributed by atoms with Crippen LogP contribution in [0.2, 0.25) is 0 Å². The summed E-state index contributed by atoms with van der Waals surface area (Å²) in [5, 5.41) is 0. The van der Waals surface area contributed by atoms with Crippen LogP contribution in [0.15, 0.2) is 0 Å². The lowest BCUT2D eigenvalue weighted by atomic mass is 10.0. The number of halogens is 1. The number of carbonyl (C=O) groups excluding carboxylic acids is 1. The van der Waals surface area contributed by atoms with Gasteiger partial charge in [0.05, 0.1) is 11.9 Å². The zero-order valence-electron chi connectivity index (χ0n) is 6.43. The maximum atomic E-state index is 10.8. The molecule has 0 rings (SSSR count). The Morgan fingerprint density at radius 3 is 2.40 bits per heavy atom. The van der Waals surface area contributed by atoms with Gasteiger partial charge in [-0.25, -0.2) is 0 Å². The molecule has 0 aliphatic rings. The summed E-state index contributed by atoms with van der Waals surface area (Å²) in [5.74, 6) is 0.436. The second-order valence-corrected chi connectivity index (χ2v) is 3.10. The van der Waals surface area contributed by atoms with Gasteiger partial charge < -0.3 is 5.73 Å². The van der Waals surface area contributed by atoms with Crippen LogP contribution in [0, 0.1) is 5.92 Å². The molecule has 0 spiro atoms. The Morgan fingerprint density at radius 2 is 2.10 bits per heavy atom. The van der Waals surface area contributed by atoms with Crippen LogP contribution in [0.4, 0.5) is 0 Å². The summed E-state index contributed by atoms with van der Waals surface area (Å²) in [4.78, 5) is 10.8. The molecule has 1 atom stereocenters. The fourth-order valence-corrected chi connectivity index (χ4v) is 0.937. The summed E-state index contributed by atoms with van der Waals surface area (Å²) in [7, 11) is 0. The van der Waals surface area contributed by atoms with Crippen LogP contribution in [0.5, 0.6) is 0 Å². The number of Topliss-reactive ketones (excluding diaryl/α,β-unsaturated/α-hetero) is 1. The van der Waals surface area contributed by atoms with Gasteiger partial charge in [0.2, 0.25) is 0 Å². The molecule has 0 saturated heterocycles. The van der Waals surface area contributed by atoms with Crippen LogP contribution in [-0.2, 0) is 4.79 Å². The highest BCUT2D eigenvalue weighted by molar-refractivity contribution is 6.28. The molecule has 0 saturated carbocycles. The molecule has 0 aliphatic heterocycles. The Hall–Kier alpha value is -0.0800. The predicted molar refractivity (Wildman–Crippen MR) is 43.2 cm³/mol. The average Bonchev–Trinajstić information content (AvgIpc) is 1.85. The summed E-state index contributed by atoms with van der Waals surface area (Å²) in [6.07, 6.45) is 0.728. The second kappa shape index (κ2) is 4.69. The van der Waals surface area contributed by atoms with Gasteiger partial charge in [-0.3, -0.25) is 4.79 Å². The van der Waals surface area contributed by atoms with E-state index in [0.717, 1.165) is 6.42 Å². The van der Waals surface area contributed by atoms with Crippen molar-refractivity contribution in [3.63, 3.8) is 0 Å². The molecule has 0 amide bonds. The van der Waals surface area contributed by atoms with Gasteiger partial charge in [0.25, 0.3) is 0 Å². The van der Waals surface area contributed by atoms with E-state index in [1.807, 2.05) is 13.8 Å². The van der Waals surface area contributed by atoms with Gasteiger partial charge >= 0.3 is 0 Å². The van der Waals surface area contributed by atoms with Crippen molar-refractivity contribution in [1.82, 2.24) is 0 Å². The normalized spacial score (nSPS) is 13.7. The Kier molecular flexibility index (Phi) is 4.65. The van der Waals surface area contributed by atoms with Crippen molar-refractivity contribution in [3.05, 3.63) is 0 Å². The number of ketones is 1. The fraction of sp³-hybridized carbons (Fsp3) is 0.857. The van der Waals surface area contributed by atoms with Gasteiger partial charge in [-0.05, 0) is 12.3 Å². The molecule has 0 aromatic rings. The molecule has 0 bridgehead atoms. The number of hydrogen-bond acceptors (Lipinski definition) is 2. The molecule has 0 aliphatic carbocycles. The summed E-state index contributed by atoms with van der Waals surface area (Å²) < 4.78 is 0. The number of nitrogens with two attached hydrogens (primary N) is 1. The number of hydrogen-bond donors (Lipinski definition) is 1. The van der Waals surface area contributed by atoms with E-state index in [1.165, 1.54) is 0 Å². The van der Waals surface area contributed by atoms with Crippen LogP contribution in [0.3, 0.4) is 0 Å². The third kappa shape index (κ3) is 3.85. The van der Waals surface area contributed by atoms with Crippen molar-refractivity contribution >= 4 is 17.4 Å². The van der Waals surface area contributed by atoms with E-state index < -0.39 is 0 Å². The van der Waals surface area contributed by atoms with Gasteiger partial charge in [0.1, 0.15) is 0 Å². The quantitative estimate of drug-likeness (QED) is 0.633.